The highest BCUT2D eigenvalue weighted by Crippen LogP contribution is 2.05. The third-order valence-corrected chi connectivity index (χ3v) is 2.55. The molecular weight excluding hydrogens is 210 g/mol. The van der Waals surface area contributed by atoms with Gasteiger partial charge in [0.05, 0.1) is 5.92 Å². The van der Waals surface area contributed by atoms with Crippen LogP contribution in [0.5, 0.6) is 0 Å². The third kappa shape index (κ3) is 5.70. The van der Waals surface area contributed by atoms with Crippen LogP contribution in [0.3, 0.4) is 0 Å². The fourth-order valence-corrected chi connectivity index (χ4v) is 1.43. The van der Waals surface area contributed by atoms with Gasteiger partial charge in [0.2, 0.25) is 0 Å². The van der Waals surface area contributed by atoms with Crippen molar-refractivity contribution in [1.82, 2.24) is 5.32 Å². The van der Waals surface area contributed by atoms with E-state index in [0.717, 1.165) is 25.7 Å². The Labute approximate surface area is 95.9 Å². The number of carboxylic acid groups (broad SMARTS) is 2. The highest BCUT2D eigenvalue weighted by molar-refractivity contribution is 5.82. The molecule has 3 N–H and O–H groups in total. The largest absolute Gasteiger partial charge is 0.481 e. The molecule has 0 heterocycles. The minimum atomic E-state index is -1.11. The number of hydrogen-bond acceptors (Lipinski definition) is 3. The topological polar surface area (TPSA) is 86.6 Å². The van der Waals surface area contributed by atoms with Gasteiger partial charge in [-0.1, -0.05) is 26.2 Å². The van der Waals surface area contributed by atoms with Gasteiger partial charge in [-0.25, -0.2) is 0 Å². The molecule has 0 aliphatic carbocycles. The molecule has 2 atom stereocenters. The van der Waals surface area contributed by atoms with Crippen LogP contribution < -0.4 is 5.32 Å². The Hall–Kier alpha value is -1.10. The first kappa shape index (κ1) is 14.9. The summed E-state index contributed by atoms with van der Waals surface area (Å²) in [5.74, 6) is -3.11. The Bertz CT molecular complexity index is 230. The maximum absolute atomic E-state index is 10.8. The lowest BCUT2D eigenvalue weighted by Gasteiger charge is -2.17. The lowest BCUT2D eigenvalue weighted by Crippen LogP contribution is -2.45. The summed E-state index contributed by atoms with van der Waals surface area (Å²) in [6.45, 7) is 4.05. The summed E-state index contributed by atoms with van der Waals surface area (Å²) in [5, 5.41) is 20.4. The second-order valence-electron chi connectivity index (χ2n) is 3.96. The number of rotatable bonds is 9. The van der Waals surface area contributed by atoms with Crippen molar-refractivity contribution < 1.29 is 19.8 Å². The van der Waals surface area contributed by atoms with Crippen molar-refractivity contribution in [2.24, 2.45) is 5.92 Å². The average Bonchev–Trinajstić information content (AvgIpc) is 2.21. The zero-order valence-corrected chi connectivity index (χ0v) is 9.90. The first-order valence-electron chi connectivity index (χ1n) is 5.69. The van der Waals surface area contributed by atoms with E-state index in [1.54, 1.807) is 0 Å². The van der Waals surface area contributed by atoms with Crippen LogP contribution in [-0.2, 0) is 9.59 Å². The van der Waals surface area contributed by atoms with Gasteiger partial charge < -0.3 is 15.5 Å². The van der Waals surface area contributed by atoms with E-state index < -0.39 is 23.9 Å². The van der Waals surface area contributed by atoms with Gasteiger partial charge in [0, 0.05) is 0 Å². The van der Waals surface area contributed by atoms with Crippen LogP contribution >= 0.6 is 0 Å². The van der Waals surface area contributed by atoms with Crippen LogP contribution in [0.15, 0.2) is 0 Å². The number of unbranched alkanes of at least 4 members (excludes halogenated alkanes) is 3. The molecular formula is C11H21NO4. The van der Waals surface area contributed by atoms with E-state index in [-0.39, 0.29) is 0 Å². The first-order valence-corrected chi connectivity index (χ1v) is 5.69. The van der Waals surface area contributed by atoms with Crippen LogP contribution in [0, 0.1) is 5.92 Å². The van der Waals surface area contributed by atoms with Crippen molar-refractivity contribution in [3.8, 4) is 0 Å². The van der Waals surface area contributed by atoms with Gasteiger partial charge in [-0.3, -0.25) is 9.59 Å². The molecule has 94 valence electrons. The molecule has 0 saturated heterocycles. The highest BCUT2D eigenvalue weighted by atomic mass is 16.4. The molecule has 0 fully saturated rings. The second-order valence-corrected chi connectivity index (χ2v) is 3.96. The molecule has 0 aliphatic heterocycles. The summed E-state index contributed by atoms with van der Waals surface area (Å²) in [6.07, 6.45) is 4.16. The molecule has 5 heteroatoms. The molecule has 0 aromatic heterocycles. The standard InChI is InChI=1S/C11H21NO4/c1-3-4-5-6-7-12-9(11(15)16)8(2)10(13)14/h8-9,12H,3-7H2,1-2H3,(H,13,14)(H,15,16). The fraction of sp³-hybridized carbons (Fsp3) is 0.818. The van der Waals surface area contributed by atoms with Crippen LogP contribution in [0.1, 0.15) is 39.5 Å². The lowest BCUT2D eigenvalue weighted by molar-refractivity contribution is -0.150. The van der Waals surface area contributed by atoms with Crippen molar-refractivity contribution in [1.29, 1.82) is 0 Å². The Morgan fingerprint density at radius 3 is 2.19 bits per heavy atom. The van der Waals surface area contributed by atoms with Crippen molar-refractivity contribution in [3.63, 3.8) is 0 Å². The van der Waals surface area contributed by atoms with Gasteiger partial charge in [0.25, 0.3) is 0 Å². The minimum Gasteiger partial charge on any atom is -0.481 e. The van der Waals surface area contributed by atoms with E-state index >= 15 is 0 Å². The predicted octanol–water partition coefficient (Wildman–Crippen LogP) is 1.33. The highest BCUT2D eigenvalue weighted by Gasteiger charge is 2.28. The third-order valence-electron chi connectivity index (χ3n) is 2.55. The van der Waals surface area contributed by atoms with E-state index in [0.29, 0.717) is 6.54 Å². The average molecular weight is 231 g/mol. The Morgan fingerprint density at radius 2 is 1.75 bits per heavy atom. The Morgan fingerprint density at radius 1 is 1.12 bits per heavy atom. The predicted molar refractivity (Wildman–Crippen MR) is 60.4 cm³/mol. The molecule has 2 unspecified atom stereocenters. The van der Waals surface area contributed by atoms with Crippen molar-refractivity contribution >= 4 is 11.9 Å². The quantitative estimate of drug-likeness (QED) is 0.521. The SMILES string of the molecule is CCCCCCNC(C(=O)O)C(C)C(=O)O. The zero-order chi connectivity index (χ0) is 12.6. The van der Waals surface area contributed by atoms with E-state index in [1.807, 2.05) is 0 Å². The van der Waals surface area contributed by atoms with E-state index in [4.69, 9.17) is 10.2 Å². The lowest BCUT2D eigenvalue weighted by atomic mass is 10.0. The molecule has 0 aromatic rings. The van der Waals surface area contributed by atoms with Crippen molar-refractivity contribution in [2.45, 2.75) is 45.6 Å². The molecule has 0 aliphatic rings. The molecule has 0 spiro atoms. The summed E-state index contributed by atoms with van der Waals surface area (Å²) < 4.78 is 0. The molecule has 0 rings (SSSR count). The van der Waals surface area contributed by atoms with Crippen LogP contribution in [0.25, 0.3) is 0 Å². The second kappa shape index (κ2) is 8.10. The van der Waals surface area contributed by atoms with Gasteiger partial charge in [0.1, 0.15) is 6.04 Å². The molecule has 0 bridgehead atoms. The maximum atomic E-state index is 10.8. The number of hydrogen-bond donors (Lipinski definition) is 3. The van der Waals surface area contributed by atoms with Crippen LogP contribution in [0.2, 0.25) is 0 Å². The van der Waals surface area contributed by atoms with Crippen LogP contribution in [0.4, 0.5) is 0 Å². The fourth-order valence-electron chi connectivity index (χ4n) is 1.43. The van der Waals surface area contributed by atoms with Crippen LogP contribution in [-0.4, -0.2) is 34.7 Å². The molecule has 5 nitrogen and oxygen atoms in total. The molecule has 16 heavy (non-hydrogen) atoms. The number of nitrogens with one attached hydrogen (secondary N) is 1. The first-order chi connectivity index (χ1) is 7.50. The Kier molecular flexibility index (Phi) is 7.54. The van der Waals surface area contributed by atoms with E-state index in [9.17, 15) is 9.59 Å². The minimum absolute atomic E-state index is 0.550. The summed E-state index contributed by atoms with van der Waals surface area (Å²) >= 11 is 0. The van der Waals surface area contributed by atoms with E-state index in [2.05, 4.69) is 12.2 Å². The summed E-state index contributed by atoms with van der Waals surface area (Å²) in [6, 6.07) is -1.00. The summed E-state index contributed by atoms with van der Waals surface area (Å²) in [7, 11) is 0. The van der Waals surface area contributed by atoms with Gasteiger partial charge >= 0.3 is 11.9 Å². The molecule has 0 saturated carbocycles. The number of aliphatic carboxylic acids is 2. The van der Waals surface area contributed by atoms with Gasteiger partial charge in [-0.2, -0.15) is 0 Å². The molecule has 0 radical (unpaired) electrons. The molecule has 0 aromatic carbocycles. The normalized spacial score (nSPS) is 14.4. The number of carboxylic acids is 2. The number of carbonyl (C=O) groups is 2. The van der Waals surface area contributed by atoms with Crippen molar-refractivity contribution in [2.75, 3.05) is 6.54 Å². The zero-order valence-electron chi connectivity index (χ0n) is 9.90. The summed E-state index contributed by atoms with van der Waals surface area (Å²) in [4.78, 5) is 21.5. The smallest absolute Gasteiger partial charge is 0.321 e. The van der Waals surface area contributed by atoms with Gasteiger partial charge in [0.15, 0.2) is 0 Å². The monoisotopic (exact) mass is 231 g/mol. The Balaban J connectivity index is 3.96. The van der Waals surface area contributed by atoms with E-state index in [1.165, 1.54) is 6.92 Å². The maximum Gasteiger partial charge on any atom is 0.321 e. The van der Waals surface area contributed by atoms with Gasteiger partial charge in [-0.15, -0.1) is 0 Å². The summed E-state index contributed by atoms with van der Waals surface area (Å²) in [5.41, 5.74) is 0. The van der Waals surface area contributed by atoms with Gasteiger partial charge in [-0.05, 0) is 19.9 Å². The molecule has 0 amide bonds. The van der Waals surface area contributed by atoms with Crippen molar-refractivity contribution in [3.05, 3.63) is 0 Å².